The van der Waals surface area contributed by atoms with E-state index in [2.05, 4.69) is 40.3 Å². The number of anilines is 1. The number of carbonyl (C=O) groups is 1. The van der Waals surface area contributed by atoms with Crippen molar-refractivity contribution in [1.82, 2.24) is 14.9 Å². The first kappa shape index (κ1) is 17.7. The summed E-state index contributed by atoms with van der Waals surface area (Å²) in [7, 11) is 0. The third-order valence-corrected chi connectivity index (χ3v) is 5.31. The number of fused-ring (bicyclic) bond motifs is 1. The van der Waals surface area contributed by atoms with Crippen molar-refractivity contribution < 1.29 is 4.79 Å². The third-order valence-electron chi connectivity index (χ3n) is 5.31. The number of rotatable bonds is 5. The zero-order valence-corrected chi connectivity index (χ0v) is 15.7. The van der Waals surface area contributed by atoms with E-state index in [9.17, 15) is 4.79 Å². The summed E-state index contributed by atoms with van der Waals surface area (Å²) in [4.78, 5) is 22.9. The van der Waals surface area contributed by atoms with Crippen molar-refractivity contribution in [3.63, 3.8) is 0 Å². The molecule has 5 heteroatoms. The summed E-state index contributed by atoms with van der Waals surface area (Å²) >= 11 is 0. The van der Waals surface area contributed by atoms with E-state index in [-0.39, 0.29) is 5.91 Å². The predicted molar refractivity (Wildman–Crippen MR) is 109 cm³/mol. The fraction of sp³-hybridized carbons (Fsp3) is 0.364. The zero-order chi connectivity index (χ0) is 18.6. The SMILES string of the molecule is CCc1ccc(NC(=O)CN2CCCC(c3nc4ccccc4[nH]3)C2)cc1. The second-order valence-corrected chi connectivity index (χ2v) is 7.31. The van der Waals surface area contributed by atoms with Crippen LogP contribution in [0.1, 0.15) is 37.1 Å². The molecule has 1 aliphatic rings. The normalized spacial score (nSPS) is 17.9. The second kappa shape index (κ2) is 7.92. The van der Waals surface area contributed by atoms with Crippen LogP contribution in [0.4, 0.5) is 5.69 Å². The molecule has 1 atom stereocenters. The van der Waals surface area contributed by atoms with E-state index in [0.29, 0.717) is 12.5 Å². The molecule has 2 N–H and O–H groups in total. The molecule has 1 aromatic heterocycles. The second-order valence-electron chi connectivity index (χ2n) is 7.31. The minimum absolute atomic E-state index is 0.0458. The molecule has 3 aromatic rings. The number of aromatic nitrogens is 2. The quantitative estimate of drug-likeness (QED) is 0.723. The lowest BCUT2D eigenvalue weighted by atomic mass is 9.97. The van der Waals surface area contributed by atoms with Gasteiger partial charge in [-0.25, -0.2) is 4.98 Å². The number of amides is 1. The van der Waals surface area contributed by atoms with Gasteiger partial charge in [0.05, 0.1) is 17.6 Å². The van der Waals surface area contributed by atoms with E-state index in [4.69, 9.17) is 4.98 Å². The van der Waals surface area contributed by atoms with Crippen LogP contribution >= 0.6 is 0 Å². The molecule has 2 heterocycles. The third kappa shape index (κ3) is 4.19. The first-order chi connectivity index (χ1) is 13.2. The van der Waals surface area contributed by atoms with Crippen LogP contribution in [0, 0.1) is 0 Å². The Bertz CT molecular complexity index is 882. The van der Waals surface area contributed by atoms with E-state index in [1.165, 1.54) is 5.56 Å². The number of hydrogen-bond acceptors (Lipinski definition) is 3. The first-order valence-corrected chi connectivity index (χ1v) is 9.77. The van der Waals surface area contributed by atoms with Gasteiger partial charge in [-0.1, -0.05) is 31.2 Å². The number of imidazole rings is 1. The Morgan fingerprint density at radius 1 is 1.22 bits per heavy atom. The standard InChI is InChI=1S/C22H26N4O/c1-2-16-9-11-18(12-10-16)23-21(27)15-26-13-5-6-17(14-26)22-24-19-7-3-4-8-20(19)25-22/h3-4,7-12,17H,2,5-6,13-15H2,1H3,(H,23,27)(H,24,25). The van der Waals surface area contributed by atoms with Crippen LogP contribution in [0.5, 0.6) is 0 Å². The highest BCUT2D eigenvalue weighted by Crippen LogP contribution is 2.26. The van der Waals surface area contributed by atoms with Crippen molar-refractivity contribution in [3.05, 3.63) is 59.9 Å². The Hall–Kier alpha value is -2.66. The van der Waals surface area contributed by atoms with E-state index < -0.39 is 0 Å². The minimum Gasteiger partial charge on any atom is -0.342 e. The van der Waals surface area contributed by atoms with Gasteiger partial charge in [0.2, 0.25) is 5.91 Å². The van der Waals surface area contributed by atoms with Crippen LogP contribution in [0.3, 0.4) is 0 Å². The molecule has 140 valence electrons. The smallest absolute Gasteiger partial charge is 0.238 e. The summed E-state index contributed by atoms with van der Waals surface area (Å²) < 4.78 is 0. The molecule has 0 bridgehead atoms. The molecule has 1 saturated heterocycles. The van der Waals surface area contributed by atoms with E-state index in [1.54, 1.807) is 0 Å². The van der Waals surface area contributed by atoms with Gasteiger partial charge in [-0.05, 0) is 55.6 Å². The molecular weight excluding hydrogens is 336 g/mol. The Kier molecular flexibility index (Phi) is 5.21. The van der Waals surface area contributed by atoms with Crippen LogP contribution < -0.4 is 5.32 Å². The van der Waals surface area contributed by atoms with Crippen molar-refractivity contribution in [2.75, 3.05) is 25.0 Å². The number of hydrogen-bond donors (Lipinski definition) is 2. The van der Waals surface area contributed by atoms with Crippen LogP contribution in [0.2, 0.25) is 0 Å². The largest absolute Gasteiger partial charge is 0.342 e. The maximum Gasteiger partial charge on any atom is 0.238 e. The molecule has 1 aliphatic heterocycles. The Balaban J connectivity index is 1.36. The monoisotopic (exact) mass is 362 g/mol. The molecule has 1 unspecified atom stereocenters. The van der Waals surface area contributed by atoms with Crippen molar-refractivity contribution >= 4 is 22.6 Å². The Morgan fingerprint density at radius 2 is 2.04 bits per heavy atom. The van der Waals surface area contributed by atoms with E-state index >= 15 is 0 Å². The zero-order valence-electron chi connectivity index (χ0n) is 15.7. The number of aryl methyl sites for hydroxylation is 1. The van der Waals surface area contributed by atoms with Crippen LogP contribution in [-0.4, -0.2) is 40.4 Å². The summed E-state index contributed by atoms with van der Waals surface area (Å²) in [5.74, 6) is 1.43. The average molecular weight is 362 g/mol. The average Bonchev–Trinajstić information content (AvgIpc) is 3.13. The first-order valence-electron chi connectivity index (χ1n) is 9.77. The number of para-hydroxylation sites is 2. The number of likely N-dealkylation sites (tertiary alicyclic amines) is 1. The highest BCUT2D eigenvalue weighted by Gasteiger charge is 2.25. The fourth-order valence-electron chi connectivity index (χ4n) is 3.82. The Labute approximate surface area is 159 Å². The van der Waals surface area contributed by atoms with Crippen LogP contribution in [0.25, 0.3) is 11.0 Å². The van der Waals surface area contributed by atoms with Crippen molar-refractivity contribution in [3.8, 4) is 0 Å². The molecule has 5 nitrogen and oxygen atoms in total. The molecule has 0 saturated carbocycles. The highest BCUT2D eigenvalue weighted by molar-refractivity contribution is 5.92. The maximum absolute atomic E-state index is 12.4. The lowest BCUT2D eigenvalue weighted by Crippen LogP contribution is -2.40. The molecule has 0 spiro atoms. The van der Waals surface area contributed by atoms with Gasteiger partial charge in [-0.3, -0.25) is 9.69 Å². The fourth-order valence-corrected chi connectivity index (χ4v) is 3.82. The maximum atomic E-state index is 12.4. The van der Waals surface area contributed by atoms with E-state index in [0.717, 1.165) is 54.9 Å². The summed E-state index contributed by atoms with van der Waals surface area (Å²) in [6, 6.07) is 16.2. The number of piperidine rings is 1. The van der Waals surface area contributed by atoms with Gasteiger partial charge in [0.1, 0.15) is 5.82 Å². The molecule has 1 fully saturated rings. The molecule has 1 amide bonds. The lowest BCUT2D eigenvalue weighted by molar-refractivity contribution is -0.117. The van der Waals surface area contributed by atoms with Gasteiger partial charge in [0.25, 0.3) is 0 Å². The van der Waals surface area contributed by atoms with Crippen LogP contribution in [0.15, 0.2) is 48.5 Å². The van der Waals surface area contributed by atoms with Gasteiger partial charge in [-0.2, -0.15) is 0 Å². The summed E-state index contributed by atoms with van der Waals surface area (Å²) in [5.41, 5.74) is 4.23. The van der Waals surface area contributed by atoms with Gasteiger partial charge < -0.3 is 10.3 Å². The Morgan fingerprint density at radius 3 is 2.81 bits per heavy atom. The number of aromatic amines is 1. The molecule has 0 radical (unpaired) electrons. The number of benzene rings is 2. The number of nitrogens with one attached hydrogen (secondary N) is 2. The summed E-state index contributed by atoms with van der Waals surface area (Å²) in [6.07, 6.45) is 3.20. The number of H-pyrrole nitrogens is 1. The van der Waals surface area contributed by atoms with Crippen molar-refractivity contribution in [2.45, 2.75) is 32.1 Å². The molecular formula is C22H26N4O. The van der Waals surface area contributed by atoms with Gasteiger partial charge in [0.15, 0.2) is 0 Å². The highest BCUT2D eigenvalue weighted by atomic mass is 16.2. The molecule has 2 aromatic carbocycles. The van der Waals surface area contributed by atoms with Gasteiger partial charge >= 0.3 is 0 Å². The molecule has 4 rings (SSSR count). The van der Waals surface area contributed by atoms with Gasteiger partial charge in [-0.15, -0.1) is 0 Å². The minimum atomic E-state index is 0.0458. The lowest BCUT2D eigenvalue weighted by Gasteiger charge is -2.31. The van der Waals surface area contributed by atoms with E-state index in [1.807, 2.05) is 30.3 Å². The summed E-state index contributed by atoms with van der Waals surface area (Å²) in [6.45, 7) is 4.37. The predicted octanol–water partition coefficient (Wildman–Crippen LogP) is 3.94. The topological polar surface area (TPSA) is 61.0 Å². The summed E-state index contributed by atoms with van der Waals surface area (Å²) in [5, 5.41) is 3.01. The molecule has 0 aliphatic carbocycles. The molecule has 27 heavy (non-hydrogen) atoms. The number of carbonyl (C=O) groups excluding carboxylic acids is 1. The van der Waals surface area contributed by atoms with Crippen molar-refractivity contribution in [2.24, 2.45) is 0 Å². The van der Waals surface area contributed by atoms with Crippen molar-refractivity contribution in [1.29, 1.82) is 0 Å². The number of nitrogens with zero attached hydrogens (tertiary/aromatic N) is 2. The van der Waals surface area contributed by atoms with Gasteiger partial charge in [0, 0.05) is 18.2 Å². The van der Waals surface area contributed by atoms with Crippen LogP contribution in [-0.2, 0) is 11.2 Å².